The average Bonchev–Trinajstić information content (AvgIpc) is 2.81. The summed E-state index contributed by atoms with van der Waals surface area (Å²) >= 11 is 0. The number of aliphatic hydroxyl groups excluding tert-OH is 1. The van der Waals surface area contributed by atoms with E-state index in [4.69, 9.17) is 9.47 Å². The Kier molecular flexibility index (Phi) is 4.19. The molecule has 1 N–H and O–H groups in total. The molecule has 4 heteroatoms. The van der Waals surface area contributed by atoms with Crippen molar-refractivity contribution in [1.29, 1.82) is 0 Å². The maximum absolute atomic E-state index is 10.3. The summed E-state index contributed by atoms with van der Waals surface area (Å²) in [6.45, 7) is 3.92. The van der Waals surface area contributed by atoms with Crippen molar-refractivity contribution in [3.63, 3.8) is 0 Å². The third kappa shape index (κ3) is 2.25. The van der Waals surface area contributed by atoms with E-state index in [9.17, 15) is 5.11 Å². The number of ether oxygens (including phenoxy) is 2. The number of methoxy groups -OCH3 is 1. The van der Waals surface area contributed by atoms with E-state index in [2.05, 4.69) is 4.90 Å². The van der Waals surface area contributed by atoms with E-state index < -0.39 is 0 Å². The van der Waals surface area contributed by atoms with Gasteiger partial charge in [0, 0.05) is 25.7 Å². The van der Waals surface area contributed by atoms with Gasteiger partial charge in [-0.15, -0.1) is 0 Å². The Morgan fingerprint density at radius 2 is 1.94 bits per heavy atom. The molecule has 0 bridgehead atoms. The van der Waals surface area contributed by atoms with Gasteiger partial charge in [-0.1, -0.05) is 12.8 Å². The number of aliphatic hydroxyl groups is 1. The molecule has 2 rings (SSSR count). The predicted octanol–water partition coefficient (Wildman–Crippen LogP) is 0.639. The monoisotopic (exact) mass is 229 g/mol. The number of hydrogen-bond donors (Lipinski definition) is 1. The molecule has 0 aromatic rings. The van der Waals surface area contributed by atoms with Gasteiger partial charge in [0.2, 0.25) is 0 Å². The molecular weight excluding hydrogens is 206 g/mol. The molecule has 2 aliphatic rings. The van der Waals surface area contributed by atoms with E-state index in [0.717, 1.165) is 39.1 Å². The second-order valence-electron chi connectivity index (χ2n) is 4.88. The topological polar surface area (TPSA) is 41.9 Å². The Balaban J connectivity index is 2.07. The standard InChI is InChI=1S/C12H23NO3/c1-15-10-11(14)12(4-2-3-5-12)13-6-8-16-9-7-13/h11,14H,2-10H2,1H3. The van der Waals surface area contributed by atoms with Crippen molar-refractivity contribution in [2.24, 2.45) is 0 Å². The van der Waals surface area contributed by atoms with E-state index in [1.165, 1.54) is 12.8 Å². The van der Waals surface area contributed by atoms with Gasteiger partial charge in [0.05, 0.1) is 25.9 Å². The molecule has 0 aromatic heterocycles. The van der Waals surface area contributed by atoms with Gasteiger partial charge in [-0.2, -0.15) is 0 Å². The lowest BCUT2D eigenvalue weighted by molar-refractivity contribution is -0.0944. The minimum absolute atomic E-state index is 0.0419. The van der Waals surface area contributed by atoms with Crippen molar-refractivity contribution < 1.29 is 14.6 Å². The number of rotatable bonds is 4. The van der Waals surface area contributed by atoms with Crippen LogP contribution < -0.4 is 0 Å². The lowest BCUT2D eigenvalue weighted by Gasteiger charge is -2.46. The van der Waals surface area contributed by atoms with Gasteiger partial charge < -0.3 is 14.6 Å². The minimum atomic E-state index is -0.363. The normalized spacial score (nSPS) is 28.1. The highest BCUT2D eigenvalue weighted by Crippen LogP contribution is 2.38. The minimum Gasteiger partial charge on any atom is -0.389 e. The van der Waals surface area contributed by atoms with Crippen LogP contribution in [-0.2, 0) is 9.47 Å². The maximum Gasteiger partial charge on any atom is 0.0956 e. The fourth-order valence-corrected chi connectivity index (χ4v) is 3.17. The Labute approximate surface area is 97.5 Å². The Morgan fingerprint density at radius 1 is 1.31 bits per heavy atom. The van der Waals surface area contributed by atoms with Crippen molar-refractivity contribution in [2.75, 3.05) is 40.0 Å². The molecular formula is C12H23NO3. The quantitative estimate of drug-likeness (QED) is 0.768. The first-order chi connectivity index (χ1) is 7.79. The first-order valence-electron chi connectivity index (χ1n) is 6.29. The van der Waals surface area contributed by atoms with E-state index in [0.29, 0.717) is 6.61 Å². The Hall–Kier alpha value is -0.160. The smallest absolute Gasteiger partial charge is 0.0956 e. The summed E-state index contributed by atoms with van der Waals surface area (Å²) < 4.78 is 10.5. The molecule has 1 aliphatic carbocycles. The summed E-state index contributed by atoms with van der Waals surface area (Å²) in [5, 5.41) is 10.3. The number of hydrogen-bond acceptors (Lipinski definition) is 4. The van der Waals surface area contributed by atoms with Gasteiger partial charge in [-0.25, -0.2) is 0 Å². The summed E-state index contributed by atoms with van der Waals surface area (Å²) in [4.78, 5) is 2.42. The number of nitrogens with zero attached hydrogens (tertiary/aromatic N) is 1. The zero-order valence-electron chi connectivity index (χ0n) is 10.2. The van der Waals surface area contributed by atoms with Crippen molar-refractivity contribution in [3.05, 3.63) is 0 Å². The van der Waals surface area contributed by atoms with Crippen LogP contribution in [0.1, 0.15) is 25.7 Å². The molecule has 1 atom stereocenters. The molecule has 16 heavy (non-hydrogen) atoms. The largest absolute Gasteiger partial charge is 0.389 e. The third-order valence-corrected chi connectivity index (χ3v) is 4.06. The van der Waals surface area contributed by atoms with Crippen molar-refractivity contribution >= 4 is 0 Å². The molecule has 0 spiro atoms. The molecule has 1 saturated heterocycles. The Morgan fingerprint density at radius 3 is 2.50 bits per heavy atom. The molecule has 94 valence electrons. The molecule has 1 heterocycles. The third-order valence-electron chi connectivity index (χ3n) is 4.06. The molecule has 1 aliphatic heterocycles. The summed E-state index contributed by atoms with van der Waals surface area (Å²) in [6, 6.07) is 0. The molecule has 0 aromatic carbocycles. The second kappa shape index (κ2) is 5.45. The highest BCUT2D eigenvalue weighted by molar-refractivity contribution is 5.00. The van der Waals surface area contributed by atoms with Crippen LogP contribution in [0.15, 0.2) is 0 Å². The van der Waals surface area contributed by atoms with Crippen LogP contribution in [0.5, 0.6) is 0 Å². The maximum atomic E-state index is 10.3. The SMILES string of the molecule is COCC(O)C1(N2CCOCC2)CCCC1. The molecule has 1 unspecified atom stereocenters. The first kappa shape index (κ1) is 12.3. The Bertz CT molecular complexity index is 210. The lowest BCUT2D eigenvalue weighted by Crippen LogP contribution is -2.59. The summed E-state index contributed by atoms with van der Waals surface area (Å²) in [5.41, 5.74) is -0.0419. The zero-order valence-corrected chi connectivity index (χ0v) is 10.2. The van der Waals surface area contributed by atoms with Gasteiger partial charge in [0.15, 0.2) is 0 Å². The molecule has 4 nitrogen and oxygen atoms in total. The van der Waals surface area contributed by atoms with Crippen LogP contribution in [0.25, 0.3) is 0 Å². The molecule has 2 fully saturated rings. The van der Waals surface area contributed by atoms with E-state index in [1.54, 1.807) is 7.11 Å². The predicted molar refractivity (Wildman–Crippen MR) is 61.5 cm³/mol. The van der Waals surface area contributed by atoms with Gasteiger partial charge >= 0.3 is 0 Å². The van der Waals surface area contributed by atoms with Crippen molar-refractivity contribution in [1.82, 2.24) is 4.90 Å². The second-order valence-corrected chi connectivity index (χ2v) is 4.88. The summed E-state index contributed by atoms with van der Waals surface area (Å²) in [7, 11) is 1.66. The van der Waals surface area contributed by atoms with Crippen molar-refractivity contribution in [2.45, 2.75) is 37.3 Å². The van der Waals surface area contributed by atoms with E-state index >= 15 is 0 Å². The highest BCUT2D eigenvalue weighted by Gasteiger charge is 2.45. The highest BCUT2D eigenvalue weighted by atomic mass is 16.5. The molecule has 0 radical (unpaired) electrons. The molecule has 1 saturated carbocycles. The van der Waals surface area contributed by atoms with Crippen molar-refractivity contribution in [3.8, 4) is 0 Å². The van der Waals surface area contributed by atoms with E-state index in [-0.39, 0.29) is 11.6 Å². The lowest BCUT2D eigenvalue weighted by atomic mass is 9.88. The van der Waals surface area contributed by atoms with Gasteiger partial charge in [0.1, 0.15) is 0 Å². The first-order valence-corrected chi connectivity index (χ1v) is 6.29. The fourth-order valence-electron chi connectivity index (χ4n) is 3.17. The average molecular weight is 229 g/mol. The van der Waals surface area contributed by atoms with Crippen LogP contribution >= 0.6 is 0 Å². The fraction of sp³-hybridized carbons (Fsp3) is 1.00. The van der Waals surface area contributed by atoms with Crippen LogP contribution in [0, 0.1) is 0 Å². The van der Waals surface area contributed by atoms with Crippen LogP contribution in [0.2, 0.25) is 0 Å². The number of morpholine rings is 1. The summed E-state index contributed by atoms with van der Waals surface area (Å²) in [5.74, 6) is 0. The van der Waals surface area contributed by atoms with Gasteiger partial charge in [-0.3, -0.25) is 4.90 Å². The van der Waals surface area contributed by atoms with Crippen LogP contribution in [-0.4, -0.2) is 61.7 Å². The summed E-state index contributed by atoms with van der Waals surface area (Å²) in [6.07, 6.45) is 4.27. The zero-order chi connectivity index (χ0) is 11.4. The van der Waals surface area contributed by atoms with Crippen LogP contribution in [0.4, 0.5) is 0 Å². The van der Waals surface area contributed by atoms with Crippen LogP contribution in [0.3, 0.4) is 0 Å². The molecule has 0 amide bonds. The van der Waals surface area contributed by atoms with Gasteiger partial charge in [0.25, 0.3) is 0 Å². The van der Waals surface area contributed by atoms with E-state index in [1.807, 2.05) is 0 Å². The van der Waals surface area contributed by atoms with Gasteiger partial charge in [-0.05, 0) is 12.8 Å².